The van der Waals surface area contributed by atoms with E-state index in [1.165, 1.54) is 0 Å². The van der Waals surface area contributed by atoms with Crippen LogP contribution < -0.4 is 22.7 Å². The molecule has 0 radical (unpaired) electrons. The molecule has 0 aliphatic heterocycles. The average molecular weight is 242 g/mol. The van der Waals surface area contributed by atoms with Crippen LogP contribution >= 0.6 is 0 Å². The van der Waals surface area contributed by atoms with Crippen molar-refractivity contribution in [3.05, 3.63) is 24.3 Å². The summed E-state index contributed by atoms with van der Waals surface area (Å²) in [4.78, 5) is 0. The third-order valence-corrected chi connectivity index (χ3v) is 2.66. The zero-order valence-corrected chi connectivity index (χ0v) is 9.98. The molecule has 1 heterocycles. The summed E-state index contributed by atoms with van der Waals surface area (Å²) in [6.07, 6.45) is 0. The molecular weight excluding hydrogens is 226 g/mol. The van der Waals surface area contributed by atoms with Gasteiger partial charge in [-0.15, -0.1) is 0 Å². The smallest absolute Gasteiger partial charge is 0.356 e. The SMILES string of the molecule is CCn1c(N)[n+](CCO)c2ccccc21.[Cl-]. The second-order valence-corrected chi connectivity index (χ2v) is 3.47. The van der Waals surface area contributed by atoms with Gasteiger partial charge in [0.2, 0.25) is 0 Å². The molecule has 1 aromatic carbocycles. The first-order chi connectivity index (χ1) is 7.29. The van der Waals surface area contributed by atoms with Gasteiger partial charge in [0, 0.05) is 0 Å². The van der Waals surface area contributed by atoms with Crippen molar-refractivity contribution in [1.82, 2.24) is 4.57 Å². The molecule has 0 atom stereocenters. The highest BCUT2D eigenvalue weighted by molar-refractivity contribution is 5.73. The van der Waals surface area contributed by atoms with Gasteiger partial charge >= 0.3 is 5.95 Å². The molecule has 3 N–H and O–H groups in total. The molecular formula is C11H16ClN3O. The number of benzene rings is 1. The minimum Gasteiger partial charge on any atom is -1.00 e. The summed E-state index contributed by atoms with van der Waals surface area (Å²) in [6.45, 7) is 3.54. The van der Waals surface area contributed by atoms with Gasteiger partial charge in [0.1, 0.15) is 11.0 Å². The van der Waals surface area contributed by atoms with Gasteiger partial charge in [0.15, 0.2) is 0 Å². The van der Waals surface area contributed by atoms with Gasteiger partial charge < -0.3 is 17.5 Å². The number of nitrogen functional groups attached to an aromatic ring is 1. The molecule has 0 aliphatic rings. The van der Waals surface area contributed by atoms with Gasteiger partial charge in [-0.3, -0.25) is 5.73 Å². The molecule has 4 nitrogen and oxygen atoms in total. The zero-order chi connectivity index (χ0) is 10.8. The number of aliphatic hydroxyl groups is 1. The Morgan fingerprint density at radius 1 is 1.38 bits per heavy atom. The van der Waals surface area contributed by atoms with Gasteiger partial charge in [-0.25, -0.2) is 9.13 Å². The number of anilines is 1. The quantitative estimate of drug-likeness (QED) is 0.585. The number of aryl methyl sites for hydroxylation is 1. The predicted molar refractivity (Wildman–Crippen MR) is 59.3 cm³/mol. The van der Waals surface area contributed by atoms with Gasteiger partial charge in [-0.1, -0.05) is 12.1 Å². The van der Waals surface area contributed by atoms with Gasteiger partial charge in [-0.05, 0) is 19.1 Å². The number of hydrogen-bond acceptors (Lipinski definition) is 2. The van der Waals surface area contributed by atoms with E-state index in [0.717, 1.165) is 17.6 Å². The highest BCUT2D eigenvalue weighted by Crippen LogP contribution is 2.15. The van der Waals surface area contributed by atoms with E-state index in [9.17, 15) is 0 Å². The largest absolute Gasteiger partial charge is 1.00 e. The van der Waals surface area contributed by atoms with Crippen molar-refractivity contribution in [2.75, 3.05) is 12.3 Å². The molecule has 0 spiro atoms. The lowest BCUT2D eigenvalue weighted by molar-refractivity contribution is -0.658. The van der Waals surface area contributed by atoms with E-state index in [4.69, 9.17) is 10.8 Å². The van der Waals surface area contributed by atoms with Crippen LogP contribution in [-0.4, -0.2) is 16.3 Å². The summed E-state index contributed by atoms with van der Waals surface area (Å²) in [5.74, 6) is 0.702. The van der Waals surface area contributed by atoms with Crippen LogP contribution in [0.5, 0.6) is 0 Å². The molecule has 1 aromatic heterocycles. The van der Waals surface area contributed by atoms with Crippen LogP contribution in [0.1, 0.15) is 6.92 Å². The lowest BCUT2D eigenvalue weighted by Gasteiger charge is -1.97. The monoisotopic (exact) mass is 241 g/mol. The van der Waals surface area contributed by atoms with Crippen LogP contribution in [0.25, 0.3) is 11.0 Å². The van der Waals surface area contributed by atoms with E-state index in [1.807, 2.05) is 33.4 Å². The Kier molecular flexibility index (Phi) is 4.15. The molecule has 0 saturated carbocycles. The fourth-order valence-electron chi connectivity index (χ4n) is 1.98. The summed E-state index contributed by atoms with van der Waals surface area (Å²) in [5.41, 5.74) is 8.22. The summed E-state index contributed by atoms with van der Waals surface area (Å²) >= 11 is 0. The summed E-state index contributed by atoms with van der Waals surface area (Å²) in [5, 5.41) is 9.00. The van der Waals surface area contributed by atoms with Gasteiger partial charge in [0.05, 0.1) is 19.7 Å². The molecule has 0 fully saturated rings. The number of para-hydroxylation sites is 2. The summed E-state index contributed by atoms with van der Waals surface area (Å²) in [6, 6.07) is 8.05. The van der Waals surface area contributed by atoms with Crippen molar-refractivity contribution >= 4 is 17.0 Å². The van der Waals surface area contributed by atoms with Crippen molar-refractivity contribution < 1.29 is 22.1 Å². The van der Waals surface area contributed by atoms with Crippen molar-refractivity contribution in [3.63, 3.8) is 0 Å². The summed E-state index contributed by atoms with van der Waals surface area (Å²) < 4.78 is 3.99. The van der Waals surface area contributed by atoms with Crippen LogP contribution in [-0.2, 0) is 13.1 Å². The van der Waals surface area contributed by atoms with Crippen molar-refractivity contribution in [1.29, 1.82) is 0 Å². The third kappa shape index (κ3) is 1.86. The Balaban J connectivity index is 0.00000128. The van der Waals surface area contributed by atoms with Crippen molar-refractivity contribution in [2.24, 2.45) is 0 Å². The van der Waals surface area contributed by atoms with Gasteiger partial charge in [-0.2, -0.15) is 0 Å². The second-order valence-electron chi connectivity index (χ2n) is 3.47. The molecule has 0 unspecified atom stereocenters. The van der Waals surface area contributed by atoms with E-state index in [0.29, 0.717) is 12.5 Å². The first-order valence-electron chi connectivity index (χ1n) is 5.17. The van der Waals surface area contributed by atoms with E-state index in [1.54, 1.807) is 0 Å². The average Bonchev–Trinajstić information content (AvgIpc) is 2.53. The molecule has 88 valence electrons. The minimum atomic E-state index is 0. The van der Waals surface area contributed by atoms with E-state index < -0.39 is 0 Å². The lowest BCUT2D eigenvalue weighted by atomic mass is 10.3. The van der Waals surface area contributed by atoms with E-state index in [-0.39, 0.29) is 19.0 Å². The molecule has 0 saturated heterocycles. The Morgan fingerprint density at radius 2 is 2.06 bits per heavy atom. The van der Waals surface area contributed by atoms with Crippen LogP contribution in [0.4, 0.5) is 5.95 Å². The number of imidazole rings is 1. The van der Waals surface area contributed by atoms with Crippen LogP contribution in [0.2, 0.25) is 0 Å². The number of fused-ring (bicyclic) bond motifs is 1. The number of nitrogens with two attached hydrogens (primary N) is 1. The van der Waals surface area contributed by atoms with E-state index in [2.05, 4.69) is 6.92 Å². The van der Waals surface area contributed by atoms with E-state index >= 15 is 0 Å². The molecule has 5 heteroatoms. The molecule has 2 aromatic rings. The third-order valence-electron chi connectivity index (χ3n) is 2.66. The molecule has 0 aliphatic carbocycles. The lowest BCUT2D eigenvalue weighted by Crippen LogP contribution is -3.00. The topological polar surface area (TPSA) is 55.1 Å². The number of aliphatic hydroxyl groups excluding tert-OH is 1. The highest BCUT2D eigenvalue weighted by Gasteiger charge is 2.18. The number of aromatic nitrogens is 2. The first kappa shape index (κ1) is 12.8. The molecule has 2 rings (SSSR count). The van der Waals surface area contributed by atoms with Crippen LogP contribution in [0, 0.1) is 0 Å². The maximum atomic E-state index is 9.00. The highest BCUT2D eigenvalue weighted by atomic mass is 35.5. The number of halogens is 1. The number of rotatable bonds is 3. The fraction of sp³-hybridized carbons (Fsp3) is 0.364. The van der Waals surface area contributed by atoms with Crippen LogP contribution in [0.15, 0.2) is 24.3 Å². The fourth-order valence-corrected chi connectivity index (χ4v) is 1.98. The molecule has 16 heavy (non-hydrogen) atoms. The normalized spacial score (nSPS) is 10.4. The molecule has 0 amide bonds. The minimum absolute atomic E-state index is 0. The van der Waals surface area contributed by atoms with Gasteiger partial charge in [0.25, 0.3) is 0 Å². The zero-order valence-electron chi connectivity index (χ0n) is 9.23. The first-order valence-corrected chi connectivity index (χ1v) is 5.17. The Bertz CT molecular complexity index is 481. The number of nitrogens with zero attached hydrogens (tertiary/aromatic N) is 2. The maximum Gasteiger partial charge on any atom is 0.356 e. The maximum absolute atomic E-state index is 9.00. The summed E-state index contributed by atoms with van der Waals surface area (Å²) in [7, 11) is 0. The van der Waals surface area contributed by atoms with Crippen LogP contribution in [0.3, 0.4) is 0 Å². The molecule has 0 bridgehead atoms. The number of hydrogen-bond donors (Lipinski definition) is 2. The Hall–Kier alpha value is -1.26. The predicted octanol–water partition coefficient (Wildman–Crippen LogP) is -2.47. The standard InChI is InChI=1S/C11H15N3O.ClH/c1-2-13-9-5-3-4-6-10(9)14(7-8-15)11(13)12;/h3-6,12,15H,2,7-8H2,1H3;1H. The van der Waals surface area contributed by atoms with Crippen molar-refractivity contribution in [2.45, 2.75) is 20.0 Å². The van der Waals surface area contributed by atoms with Crippen molar-refractivity contribution in [3.8, 4) is 0 Å². The second kappa shape index (κ2) is 5.18. The Morgan fingerprint density at radius 3 is 2.69 bits per heavy atom. The Labute approximate surface area is 101 Å².